The fourth-order valence-electron chi connectivity index (χ4n) is 1.22. The number of carbonyl (C=O) groups excluding carboxylic acids is 1. The molecule has 82 valence electrons. The first kappa shape index (κ1) is 11.5. The summed E-state index contributed by atoms with van der Waals surface area (Å²) in [7, 11) is 1.39. The maximum atomic E-state index is 11.3. The molecule has 0 aliphatic carbocycles. The summed E-state index contributed by atoms with van der Waals surface area (Å²) in [6.07, 6.45) is 2.39. The number of pyridine rings is 1. The highest BCUT2D eigenvalue weighted by Crippen LogP contribution is 2.09. The number of carbonyl (C=O) groups is 1. The molecule has 0 amide bonds. The molecule has 0 saturated carbocycles. The first-order valence-electron chi connectivity index (χ1n) is 4.94. The van der Waals surface area contributed by atoms with Crippen LogP contribution in [0, 0.1) is 6.92 Å². The van der Waals surface area contributed by atoms with Crippen LogP contribution in [0.2, 0.25) is 0 Å². The molecule has 0 aliphatic rings. The van der Waals surface area contributed by atoms with Crippen molar-refractivity contribution in [2.75, 3.05) is 12.4 Å². The minimum absolute atomic E-state index is 0.252. The smallest absolute Gasteiger partial charge is 0.328 e. The molecule has 0 aliphatic heterocycles. The fraction of sp³-hybridized carbons (Fsp3) is 0.455. The summed E-state index contributed by atoms with van der Waals surface area (Å²) < 4.78 is 4.68. The second kappa shape index (κ2) is 5.34. The summed E-state index contributed by atoms with van der Waals surface area (Å²) in [4.78, 5) is 15.4. The van der Waals surface area contributed by atoms with Crippen molar-refractivity contribution in [3.63, 3.8) is 0 Å². The van der Waals surface area contributed by atoms with Crippen molar-refractivity contribution in [1.82, 2.24) is 4.98 Å². The van der Waals surface area contributed by atoms with E-state index in [1.807, 2.05) is 26.0 Å². The van der Waals surface area contributed by atoms with Gasteiger partial charge in [0.2, 0.25) is 0 Å². The monoisotopic (exact) mass is 208 g/mol. The van der Waals surface area contributed by atoms with E-state index in [1.54, 1.807) is 6.20 Å². The normalized spacial score (nSPS) is 11.9. The third-order valence-corrected chi connectivity index (χ3v) is 2.15. The van der Waals surface area contributed by atoms with E-state index < -0.39 is 0 Å². The van der Waals surface area contributed by atoms with Gasteiger partial charge in [0, 0.05) is 5.69 Å². The SMILES string of the molecule is CCC(Nc1ccc(C)nc1)C(=O)OC. The fourth-order valence-corrected chi connectivity index (χ4v) is 1.22. The average Bonchev–Trinajstić information content (AvgIpc) is 2.27. The molecule has 0 bridgehead atoms. The topological polar surface area (TPSA) is 51.2 Å². The van der Waals surface area contributed by atoms with Crippen LogP contribution in [0.4, 0.5) is 5.69 Å². The van der Waals surface area contributed by atoms with Crippen LogP contribution in [-0.4, -0.2) is 24.1 Å². The molecule has 0 aromatic carbocycles. The van der Waals surface area contributed by atoms with Gasteiger partial charge in [-0.25, -0.2) is 4.79 Å². The van der Waals surface area contributed by atoms with E-state index in [-0.39, 0.29) is 12.0 Å². The van der Waals surface area contributed by atoms with Crippen molar-refractivity contribution < 1.29 is 9.53 Å². The molecule has 1 N–H and O–H groups in total. The second-order valence-electron chi connectivity index (χ2n) is 3.32. The van der Waals surface area contributed by atoms with E-state index >= 15 is 0 Å². The van der Waals surface area contributed by atoms with Crippen molar-refractivity contribution in [1.29, 1.82) is 0 Å². The first-order chi connectivity index (χ1) is 7.17. The van der Waals surface area contributed by atoms with Gasteiger partial charge in [0.05, 0.1) is 19.0 Å². The molecule has 1 rings (SSSR count). The van der Waals surface area contributed by atoms with Gasteiger partial charge in [0.25, 0.3) is 0 Å². The van der Waals surface area contributed by atoms with Gasteiger partial charge in [-0.15, -0.1) is 0 Å². The van der Waals surface area contributed by atoms with Gasteiger partial charge >= 0.3 is 5.97 Å². The molecule has 0 spiro atoms. The molecule has 1 atom stereocenters. The predicted molar refractivity (Wildman–Crippen MR) is 58.7 cm³/mol. The van der Waals surface area contributed by atoms with Crippen LogP contribution < -0.4 is 5.32 Å². The third kappa shape index (κ3) is 3.23. The van der Waals surface area contributed by atoms with E-state index in [1.165, 1.54) is 7.11 Å². The molecule has 15 heavy (non-hydrogen) atoms. The number of anilines is 1. The number of nitrogens with one attached hydrogen (secondary N) is 1. The zero-order valence-corrected chi connectivity index (χ0v) is 9.28. The Morgan fingerprint density at radius 2 is 2.33 bits per heavy atom. The number of aryl methyl sites for hydroxylation is 1. The average molecular weight is 208 g/mol. The Kier molecular flexibility index (Phi) is 4.09. The molecular weight excluding hydrogens is 192 g/mol. The van der Waals surface area contributed by atoms with Crippen LogP contribution in [0.5, 0.6) is 0 Å². The van der Waals surface area contributed by atoms with Crippen LogP contribution in [0.25, 0.3) is 0 Å². The van der Waals surface area contributed by atoms with Crippen molar-refractivity contribution in [2.24, 2.45) is 0 Å². The van der Waals surface area contributed by atoms with Gasteiger partial charge in [-0.2, -0.15) is 0 Å². The van der Waals surface area contributed by atoms with E-state index in [0.717, 1.165) is 11.4 Å². The van der Waals surface area contributed by atoms with Gasteiger partial charge in [0.1, 0.15) is 6.04 Å². The number of rotatable bonds is 4. The zero-order valence-electron chi connectivity index (χ0n) is 9.28. The van der Waals surface area contributed by atoms with Crippen molar-refractivity contribution >= 4 is 11.7 Å². The molecule has 1 unspecified atom stereocenters. The van der Waals surface area contributed by atoms with E-state index in [0.29, 0.717) is 6.42 Å². The number of aromatic nitrogens is 1. The van der Waals surface area contributed by atoms with Gasteiger partial charge in [-0.1, -0.05) is 6.92 Å². The molecule has 1 heterocycles. The quantitative estimate of drug-likeness (QED) is 0.766. The van der Waals surface area contributed by atoms with Crippen LogP contribution >= 0.6 is 0 Å². The van der Waals surface area contributed by atoms with Crippen LogP contribution in [0.15, 0.2) is 18.3 Å². The van der Waals surface area contributed by atoms with Crippen molar-refractivity contribution in [2.45, 2.75) is 26.3 Å². The second-order valence-corrected chi connectivity index (χ2v) is 3.32. The molecule has 0 saturated heterocycles. The van der Waals surface area contributed by atoms with Gasteiger partial charge in [0.15, 0.2) is 0 Å². The predicted octanol–water partition coefficient (Wildman–Crippen LogP) is 1.75. The summed E-state index contributed by atoms with van der Waals surface area (Å²) in [5.41, 5.74) is 1.78. The Morgan fingerprint density at radius 3 is 2.80 bits per heavy atom. The van der Waals surface area contributed by atoms with E-state index in [2.05, 4.69) is 15.0 Å². The summed E-state index contributed by atoms with van der Waals surface area (Å²) in [6.45, 7) is 3.84. The maximum absolute atomic E-state index is 11.3. The Bertz CT molecular complexity index is 322. The first-order valence-corrected chi connectivity index (χ1v) is 4.94. The Hall–Kier alpha value is -1.58. The van der Waals surface area contributed by atoms with E-state index in [4.69, 9.17) is 0 Å². The Balaban J connectivity index is 2.66. The van der Waals surface area contributed by atoms with Gasteiger partial charge in [-0.3, -0.25) is 4.98 Å². The Labute approximate surface area is 89.7 Å². The molecule has 4 nitrogen and oxygen atoms in total. The van der Waals surface area contributed by atoms with Gasteiger partial charge in [-0.05, 0) is 25.5 Å². The Morgan fingerprint density at radius 1 is 1.60 bits per heavy atom. The minimum atomic E-state index is -0.306. The number of hydrogen-bond acceptors (Lipinski definition) is 4. The summed E-state index contributed by atoms with van der Waals surface area (Å²) in [5, 5.41) is 3.07. The van der Waals surface area contributed by atoms with Crippen LogP contribution in [0.1, 0.15) is 19.0 Å². The lowest BCUT2D eigenvalue weighted by molar-refractivity contribution is -0.141. The van der Waals surface area contributed by atoms with Crippen molar-refractivity contribution in [3.8, 4) is 0 Å². The number of esters is 1. The third-order valence-electron chi connectivity index (χ3n) is 2.15. The minimum Gasteiger partial charge on any atom is -0.467 e. The largest absolute Gasteiger partial charge is 0.467 e. The lowest BCUT2D eigenvalue weighted by atomic mass is 10.2. The molecule has 0 radical (unpaired) electrons. The molecule has 1 aromatic heterocycles. The number of hydrogen-bond donors (Lipinski definition) is 1. The number of ether oxygens (including phenoxy) is 1. The van der Waals surface area contributed by atoms with Crippen molar-refractivity contribution in [3.05, 3.63) is 24.0 Å². The molecule has 1 aromatic rings. The molecule has 4 heteroatoms. The summed E-state index contributed by atoms with van der Waals surface area (Å²) in [6, 6.07) is 3.49. The van der Waals surface area contributed by atoms with Crippen LogP contribution in [-0.2, 0) is 9.53 Å². The van der Waals surface area contributed by atoms with E-state index in [9.17, 15) is 4.79 Å². The van der Waals surface area contributed by atoms with Crippen LogP contribution in [0.3, 0.4) is 0 Å². The lowest BCUT2D eigenvalue weighted by Gasteiger charge is -2.15. The number of nitrogens with zero attached hydrogens (tertiary/aromatic N) is 1. The highest BCUT2D eigenvalue weighted by molar-refractivity contribution is 5.78. The summed E-state index contributed by atoms with van der Waals surface area (Å²) in [5.74, 6) is -0.252. The highest BCUT2D eigenvalue weighted by Gasteiger charge is 2.16. The standard InChI is InChI=1S/C11H16N2O2/c1-4-10(11(14)15-3)13-9-6-5-8(2)12-7-9/h5-7,10,13H,4H2,1-3H3. The maximum Gasteiger partial charge on any atom is 0.328 e. The van der Waals surface area contributed by atoms with Gasteiger partial charge < -0.3 is 10.1 Å². The highest BCUT2D eigenvalue weighted by atomic mass is 16.5. The summed E-state index contributed by atoms with van der Waals surface area (Å²) >= 11 is 0. The lowest BCUT2D eigenvalue weighted by Crippen LogP contribution is -2.29. The zero-order chi connectivity index (χ0) is 11.3. The number of methoxy groups -OCH3 is 1. The molecular formula is C11H16N2O2. The molecule has 0 fully saturated rings.